The summed E-state index contributed by atoms with van der Waals surface area (Å²) < 4.78 is 11.3. The zero-order chi connectivity index (χ0) is 20.2. The Morgan fingerprint density at radius 1 is 1.07 bits per heavy atom. The average molecular weight is 442 g/mol. The van der Waals surface area contributed by atoms with Crippen molar-refractivity contribution in [3.63, 3.8) is 0 Å². The molecular formula is C19H28BrN3O4. The minimum Gasteiger partial charge on any atom is -0.495 e. The maximum absolute atomic E-state index is 12.9. The monoisotopic (exact) mass is 441 g/mol. The molecule has 7 nitrogen and oxygen atoms in total. The van der Waals surface area contributed by atoms with Crippen molar-refractivity contribution in [2.45, 2.75) is 26.3 Å². The van der Waals surface area contributed by atoms with E-state index in [-0.39, 0.29) is 17.4 Å². The van der Waals surface area contributed by atoms with Crippen LogP contribution in [0.15, 0.2) is 16.6 Å². The maximum Gasteiger partial charge on any atom is 0.254 e. The SMILES string of the molecule is COc1cc(C(=O)N2CCN(CC(=O)NC(C)(C)C)CC2)cc(OC)c1Br. The Morgan fingerprint density at radius 3 is 2.04 bits per heavy atom. The predicted molar refractivity (Wildman–Crippen MR) is 107 cm³/mol. The number of carbonyl (C=O) groups excluding carboxylic acids is 2. The van der Waals surface area contributed by atoms with Gasteiger partial charge in [-0.25, -0.2) is 0 Å². The van der Waals surface area contributed by atoms with Crippen molar-refractivity contribution >= 4 is 27.7 Å². The van der Waals surface area contributed by atoms with E-state index in [0.29, 0.717) is 54.3 Å². The van der Waals surface area contributed by atoms with E-state index in [4.69, 9.17) is 9.47 Å². The Labute approximate surface area is 169 Å². The van der Waals surface area contributed by atoms with Gasteiger partial charge in [0.05, 0.1) is 20.8 Å². The van der Waals surface area contributed by atoms with Crippen LogP contribution in [-0.4, -0.2) is 74.1 Å². The van der Waals surface area contributed by atoms with Crippen LogP contribution in [0.3, 0.4) is 0 Å². The summed E-state index contributed by atoms with van der Waals surface area (Å²) in [5.74, 6) is 1.04. The molecule has 1 N–H and O–H groups in total. The molecule has 1 fully saturated rings. The Kier molecular flexibility index (Phi) is 7.11. The van der Waals surface area contributed by atoms with Crippen LogP contribution in [0.5, 0.6) is 11.5 Å². The van der Waals surface area contributed by atoms with E-state index < -0.39 is 0 Å². The molecule has 0 atom stereocenters. The summed E-state index contributed by atoms with van der Waals surface area (Å²) >= 11 is 3.41. The molecule has 2 rings (SSSR count). The lowest BCUT2D eigenvalue weighted by atomic mass is 10.1. The van der Waals surface area contributed by atoms with E-state index in [0.717, 1.165) is 0 Å². The predicted octanol–water partition coefficient (Wildman–Crippen LogP) is 2.14. The highest BCUT2D eigenvalue weighted by atomic mass is 79.9. The van der Waals surface area contributed by atoms with Crippen molar-refractivity contribution in [2.24, 2.45) is 0 Å². The fourth-order valence-electron chi connectivity index (χ4n) is 2.95. The van der Waals surface area contributed by atoms with Crippen LogP contribution in [0, 0.1) is 0 Å². The molecule has 0 radical (unpaired) electrons. The fourth-order valence-corrected chi connectivity index (χ4v) is 3.50. The summed E-state index contributed by atoms with van der Waals surface area (Å²) in [5, 5.41) is 2.96. The van der Waals surface area contributed by atoms with Crippen LogP contribution >= 0.6 is 15.9 Å². The van der Waals surface area contributed by atoms with Crippen LogP contribution < -0.4 is 14.8 Å². The van der Waals surface area contributed by atoms with E-state index in [1.807, 2.05) is 20.8 Å². The van der Waals surface area contributed by atoms with Crippen molar-refractivity contribution in [3.05, 3.63) is 22.2 Å². The third kappa shape index (κ3) is 5.84. The van der Waals surface area contributed by atoms with Crippen molar-refractivity contribution in [2.75, 3.05) is 46.9 Å². The summed E-state index contributed by atoms with van der Waals surface area (Å²) in [6, 6.07) is 3.41. The second-order valence-corrected chi connectivity index (χ2v) is 8.35. The number of rotatable bonds is 5. The molecule has 1 saturated heterocycles. The maximum atomic E-state index is 12.9. The normalized spacial score (nSPS) is 15.4. The molecule has 0 aliphatic carbocycles. The highest BCUT2D eigenvalue weighted by Gasteiger charge is 2.25. The van der Waals surface area contributed by atoms with Gasteiger partial charge in [0.25, 0.3) is 5.91 Å². The summed E-state index contributed by atoms with van der Waals surface area (Å²) in [7, 11) is 3.10. The molecule has 0 bridgehead atoms. The second kappa shape index (κ2) is 8.93. The van der Waals surface area contributed by atoms with E-state index >= 15 is 0 Å². The number of nitrogens with zero attached hydrogens (tertiary/aromatic N) is 2. The summed E-state index contributed by atoms with van der Waals surface area (Å²) in [6.07, 6.45) is 0. The number of methoxy groups -OCH3 is 2. The number of carbonyl (C=O) groups is 2. The Bertz CT molecular complexity index is 670. The zero-order valence-corrected chi connectivity index (χ0v) is 18.2. The van der Waals surface area contributed by atoms with Crippen molar-refractivity contribution in [1.29, 1.82) is 0 Å². The number of amides is 2. The lowest BCUT2D eigenvalue weighted by Crippen LogP contribution is -2.52. The molecule has 8 heteroatoms. The molecule has 0 unspecified atom stereocenters. The smallest absolute Gasteiger partial charge is 0.254 e. The molecule has 2 amide bonds. The standard InChI is InChI=1S/C19H28BrN3O4/c1-19(2,3)21-16(24)12-22-6-8-23(9-7-22)18(25)13-10-14(26-4)17(20)15(11-13)27-5/h10-11H,6-9,12H2,1-5H3,(H,21,24). The number of hydrogen-bond acceptors (Lipinski definition) is 5. The van der Waals surface area contributed by atoms with E-state index in [2.05, 4.69) is 26.1 Å². The van der Waals surface area contributed by atoms with Gasteiger partial charge in [0.2, 0.25) is 5.91 Å². The highest BCUT2D eigenvalue weighted by molar-refractivity contribution is 9.10. The molecule has 1 aromatic rings. The minimum absolute atomic E-state index is 0.00431. The number of ether oxygens (including phenoxy) is 2. The van der Waals surface area contributed by atoms with Crippen LogP contribution in [0.1, 0.15) is 31.1 Å². The number of hydrogen-bond donors (Lipinski definition) is 1. The molecule has 27 heavy (non-hydrogen) atoms. The highest BCUT2D eigenvalue weighted by Crippen LogP contribution is 2.36. The van der Waals surface area contributed by atoms with E-state index in [1.165, 1.54) is 0 Å². The molecule has 1 aliphatic rings. The molecule has 0 spiro atoms. The van der Waals surface area contributed by atoms with Gasteiger partial charge in [-0.05, 0) is 48.8 Å². The largest absolute Gasteiger partial charge is 0.495 e. The quantitative estimate of drug-likeness (QED) is 0.757. The Balaban J connectivity index is 1.98. The number of piperazine rings is 1. The van der Waals surface area contributed by atoms with Gasteiger partial charge in [-0.2, -0.15) is 0 Å². The minimum atomic E-state index is -0.242. The zero-order valence-electron chi connectivity index (χ0n) is 16.6. The number of halogens is 1. The lowest BCUT2D eigenvalue weighted by molar-refractivity contribution is -0.124. The first kappa shape index (κ1) is 21.5. The topological polar surface area (TPSA) is 71.1 Å². The van der Waals surface area contributed by atoms with Crippen molar-refractivity contribution < 1.29 is 19.1 Å². The fraction of sp³-hybridized carbons (Fsp3) is 0.579. The summed E-state index contributed by atoms with van der Waals surface area (Å²) in [5.41, 5.74) is 0.278. The van der Waals surface area contributed by atoms with Crippen LogP contribution in [0.4, 0.5) is 0 Å². The summed E-state index contributed by atoms with van der Waals surface area (Å²) in [6.45, 7) is 8.69. The average Bonchev–Trinajstić information content (AvgIpc) is 2.60. The third-order valence-corrected chi connectivity index (χ3v) is 5.02. The van der Waals surface area contributed by atoms with Gasteiger partial charge in [0.15, 0.2) is 0 Å². The lowest BCUT2D eigenvalue weighted by Gasteiger charge is -2.35. The van der Waals surface area contributed by atoms with Gasteiger partial charge in [0.1, 0.15) is 16.0 Å². The molecule has 1 aromatic carbocycles. The van der Waals surface area contributed by atoms with Gasteiger partial charge in [0, 0.05) is 37.3 Å². The van der Waals surface area contributed by atoms with E-state index in [1.54, 1.807) is 31.3 Å². The first-order valence-corrected chi connectivity index (χ1v) is 9.68. The van der Waals surface area contributed by atoms with Crippen LogP contribution in [-0.2, 0) is 4.79 Å². The molecule has 1 aliphatic heterocycles. The molecule has 1 heterocycles. The summed E-state index contributed by atoms with van der Waals surface area (Å²) in [4.78, 5) is 28.8. The number of benzene rings is 1. The van der Waals surface area contributed by atoms with Crippen LogP contribution in [0.2, 0.25) is 0 Å². The Morgan fingerprint density at radius 2 is 1.59 bits per heavy atom. The van der Waals surface area contributed by atoms with Gasteiger partial charge in [-0.1, -0.05) is 0 Å². The van der Waals surface area contributed by atoms with Gasteiger partial charge in [-0.3, -0.25) is 14.5 Å². The van der Waals surface area contributed by atoms with Gasteiger partial charge < -0.3 is 19.7 Å². The second-order valence-electron chi connectivity index (χ2n) is 7.56. The van der Waals surface area contributed by atoms with E-state index in [9.17, 15) is 9.59 Å². The molecule has 0 aromatic heterocycles. The van der Waals surface area contributed by atoms with Gasteiger partial charge in [-0.15, -0.1) is 0 Å². The number of nitrogens with one attached hydrogen (secondary N) is 1. The molecule has 0 saturated carbocycles. The van der Waals surface area contributed by atoms with Crippen LogP contribution in [0.25, 0.3) is 0 Å². The van der Waals surface area contributed by atoms with Crippen molar-refractivity contribution in [1.82, 2.24) is 15.1 Å². The van der Waals surface area contributed by atoms with Crippen molar-refractivity contribution in [3.8, 4) is 11.5 Å². The Hall–Kier alpha value is -1.80. The van der Waals surface area contributed by atoms with Gasteiger partial charge >= 0.3 is 0 Å². The third-order valence-electron chi connectivity index (χ3n) is 4.23. The first-order valence-electron chi connectivity index (χ1n) is 8.88. The first-order chi connectivity index (χ1) is 12.6. The molecule has 150 valence electrons. The molecular weight excluding hydrogens is 414 g/mol.